The molecule has 1 aliphatic rings. The first-order valence-corrected chi connectivity index (χ1v) is 8.07. The number of likely N-dealkylation sites (tertiary alicyclic amines) is 1. The summed E-state index contributed by atoms with van der Waals surface area (Å²) in [5.41, 5.74) is 0.953. The van der Waals surface area contributed by atoms with Crippen molar-refractivity contribution >= 4 is 11.9 Å². The summed E-state index contributed by atoms with van der Waals surface area (Å²) < 4.78 is 10.5. The highest BCUT2D eigenvalue weighted by Gasteiger charge is 2.26. The highest BCUT2D eigenvalue weighted by Crippen LogP contribution is 2.18. The molecule has 1 unspecified atom stereocenters. The fraction of sp³-hybridized carbons (Fsp3) is 0.333. The van der Waals surface area contributed by atoms with Crippen molar-refractivity contribution in [1.82, 2.24) is 14.9 Å². The van der Waals surface area contributed by atoms with Crippen LogP contribution in [0.2, 0.25) is 0 Å². The lowest BCUT2D eigenvalue weighted by molar-refractivity contribution is 0.0525. The Morgan fingerprint density at radius 1 is 1.16 bits per heavy atom. The molecule has 1 aromatic carbocycles. The molecule has 7 nitrogen and oxygen atoms in total. The predicted molar refractivity (Wildman–Crippen MR) is 89.4 cm³/mol. The average molecular weight is 341 g/mol. The molecule has 2 heterocycles. The normalized spacial score (nSPS) is 17.0. The van der Waals surface area contributed by atoms with E-state index in [4.69, 9.17) is 4.74 Å². The summed E-state index contributed by atoms with van der Waals surface area (Å²) in [6, 6.07) is 6.47. The lowest BCUT2D eigenvalue weighted by Gasteiger charge is -2.32. The van der Waals surface area contributed by atoms with E-state index in [1.165, 1.54) is 7.11 Å². The molecule has 1 aliphatic heterocycles. The first-order valence-electron chi connectivity index (χ1n) is 8.07. The van der Waals surface area contributed by atoms with Crippen molar-refractivity contribution in [2.24, 2.45) is 0 Å². The molecule has 130 valence electrons. The summed E-state index contributed by atoms with van der Waals surface area (Å²) in [4.78, 5) is 34.0. The monoisotopic (exact) mass is 341 g/mol. The Morgan fingerprint density at radius 3 is 2.60 bits per heavy atom. The minimum atomic E-state index is -0.422. The third kappa shape index (κ3) is 4.12. The molecule has 1 amide bonds. The SMILES string of the molecule is COC(=O)c1ccc(C(=O)N2CCCC(Oc3cnccn3)C2)cc1. The second-order valence-corrected chi connectivity index (χ2v) is 5.75. The van der Waals surface area contributed by atoms with Gasteiger partial charge in [0.1, 0.15) is 6.10 Å². The third-order valence-corrected chi connectivity index (χ3v) is 4.05. The van der Waals surface area contributed by atoms with E-state index in [9.17, 15) is 9.59 Å². The molecule has 7 heteroatoms. The molecule has 1 fully saturated rings. The number of aromatic nitrogens is 2. The minimum Gasteiger partial charge on any atom is -0.471 e. The number of piperidine rings is 1. The zero-order valence-corrected chi connectivity index (χ0v) is 13.9. The van der Waals surface area contributed by atoms with Crippen molar-refractivity contribution in [2.45, 2.75) is 18.9 Å². The Morgan fingerprint density at radius 2 is 1.92 bits per heavy atom. The van der Waals surface area contributed by atoms with Crippen molar-refractivity contribution in [3.05, 3.63) is 54.0 Å². The molecule has 1 aromatic heterocycles. The van der Waals surface area contributed by atoms with Gasteiger partial charge in [0, 0.05) is 24.5 Å². The van der Waals surface area contributed by atoms with Gasteiger partial charge in [0.15, 0.2) is 0 Å². The molecule has 0 radical (unpaired) electrons. The molecule has 25 heavy (non-hydrogen) atoms. The number of esters is 1. The maximum Gasteiger partial charge on any atom is 0.337 e. The summed E-state index contributed by atoms with van der Waals surface area (Å²) in [7, 11) is 1.33. The Kier molecular flexibility index (Phi) is 5.23. The molecule has 1 saturated heterocycles. The van der Waals surface area contributed by atoms with Crippen LogP contribution in [0.3, 0.4) is 0 Å². The fourth-order valence-corrected chi connectivity index (χ4v) is 2.79. The molecule has 0 N–H and O–H groups in total. The summed E-state index contributed by atoms with van der Waals surface area (Å²) in [5.74, 6) is -0.0394. The van der Waals surface area contributed by atoms with Crippen LogP contribution in [0.15, 0.2) is 42.9 Å². The molecule has 0 aliphatic carbocycles. The van der Waals surface area contributed by atoms with Crippen LogP contribution >= 0.6 is 0 Å². The summed E-state index contributed by atoms with van der Waals surface area (Å²) in [5, 5.41) is 0. The van der Waals surface area contributed by atoms with Gasteiger partial charge in [0.2, 0.25) is 5.88 Å². The molecule has 3 rings (SSSR count). The third-order valence-electron chi connectivity index (χ3n) is 4.05. The first kappa shape index (κ1) is 16.9. The van der Waals surface area contributed by atoms with E-state index in [-0.39, 0.29) is 12.0 Å². The van der Waals surface area contributed by atoms with Crippen LogP contribution in [-0.2, 0) is 4.74 Å². The smallest absolute Gasteiger partial charge is 0.337 e. The Labute approximate surface area is 145 Å². The minimum absolute atomic E-state index is 0.0798. The molecule has 1 atom stereocenters. The zero-order valence-electron chi connectivity index (χ0n) is 13.9. The first-order chi connectivity index (χ1) is 12.2. The molecular formula is C18H19N3O4. The number of methoxy groups -OCH3 is 1. The van der Waals surface area contributed by atoms with Crippen molar-refractivity contribution in [3.8, 4) is 5.88 Å². The number of carbonyl (C=O) groups is 2. The number of nitrogens with zero attached hydrogens (tertiary/aromatic N) is 3. The van der Waals surface area contributed by atoms with E-state index < -0.39 is 5.97 Å². The van der Waals surface area contributed by atoms with Gasteiger partial charge in [0.05, 0.1) is 25.4 Å². The van der Waals surface area contributed by atoms with E-state index in [2.05, 4.69) is 14.7 Å². The highest BCUT2D eigenvalue weighted by atomic mass is 16.5. The number of ether oxygens (including phenoxy) is 2. The van der Waals surface area contributed by atoms with Crippen molar-refractivity contribution in [1.29, 1.82) is 0 Å². The van der Waals surface area contributed by atoms with Gasteiger partial charge in [-0.15, -0.1) is 0 Å². The second-order valence-electron chi connectivity index (χ2n) is 5.75. The van der Waals surface area contributed by atoms with Crippen molar-refractivity contribution in [3.63, 3.8) is 0 Å². The molecule has 0 bridgehead atoms. The molecule has 0 saturated carbocycles. The van der Waals surface area contributed by atoms with Crippen LogP contribution < -0.4 is 4.74 Å². The number of hydrogen-bond donors (Lipinski definition) is 0. The van der Waals surface area contributed by atoms with Gasteiger partial charge in [-0.1, -0.05) is 0 Å². The number of rotatable bonds is 4. The number of amides is 1. The van der Waals surface area contributed by atoms with E-state index in [1.54, 1.807) is 47.8 Å². The van der Waals surface area contributed by atoms with Crippen LogP contribution in [0.4, 0.5) is 0 Å². The van der Waals surface area contributed by atoms with Gasteiger partial charge in [0.25, 0.3) is 5.91 Å². The molecular weight excluding hydrogens is 322 g/mol. The summed E-state index contributed by atoms with van der Waals surface area (Å²) in [6.07, 6.45) is 6.33. The van der Waals surface area contributed by atoms with Crippen LogP contribution in [0, 0.1) is 0 Å². The average Bonchev–Trinajstić information content (AvgIpc) is 2.68. The summed E-state index contributed by atoms with van der Waals surface area (Å²) >= 11 is 0. The standard InChI is InChI=1S/C18H19N3O4/c1-24-18(23)14-6-4-13(5-7-14)17(22)21-10-2-3-15(12-21)25-16-11-19-8-9-20-16/h4-9,11,15H,2-3,10,12H2,1H3. The predicted octanol–water partition coefficient (Wildman–Crippen LogP) is 1.95. The topological polar surface area (TPSA) is 81.6 Å². The van der Waals surface area contributed by atoms with Gasteiger partial charge in [-0.05, 0) is 37.1 Å². The molecule has 0 spiro atoms. The maximum absolute atomic E-state index is 12.7. The summed E-state index contributed by atoms with van der Waals surface area (Å²) in [6.45, 7) is 1.17. The number of carbonyl (C=O) groups excluding carboxylic acids is 2. The van der Waals surface area contributed by atoms with Gasteiger partial charge in [-0.25, -0.2) is 9.78 Å². The number of hydrogen-bond acceptors (Lipinski definition) is 6. The highest BCUT2D eigenvalue weighted by molar-refractivity contribution is 5.96. The van der Waals surface area contributed by atoms with Gasteiger partial charge in [-0.3, -0.25) is 9.78 Å². The quantitative estimate of drug-likeness (QED) is 0.791. The Hall–Kier alpha value is -2.96. The lowest BCUT2D eigenvalue weighted by atomic mass is 10.1. The van der Waals surface area contributed by atoms with Gasteiger partial charge >= 0.3 is 5.97 Å². The largest absolute Gasteiger partial charge is 0.471 e. The van der Waals surface area contributed by atoms with E-state index in [0.29, 0.717) is 30.1 Å². The second kappa shape index (κ2) is 7.74. The van der Waals surface area contributed by atoms with Crippen LogP contribution in [0.1, 0.15) is 33.6 Å². The van der Waals surface area contributed by atoms with E-state index >= 15 is 0 Å². The lowest BCUT2D eigenvalue weighted by Crippen LogP contribution is -2.44. The Bertz CT molecular complexity index is 734. The zero-order chi connectivity index (χ0) is 17.6. The number of benzene rings is 1. The maximum atomic E-state index is 12.7. The van der Waals surface area contributed by atoms with Crippen molar-refractivity contribution in [2.75, 3.05) is 20.2 Å². The van der Waals surface area contributed by atoms with Crippen LogP contribution in [0.5, 0.6) is 5.88 Å². The Balaban J connectivity index is 1.64. The molecule has 2 aromatic rings. The van der Waals surface area contributed by atoms with Gasteiger partial charge in [-0.2, -0.15) is 0 Å². The van der Waals surface area contributed by atoms with Gasteiger partial charge < -0.3 is 14.4 Å². The fourth-order valence-electron chi connectivity index (χ4n) is 2.79. The van der Waals surface area contributed by atoms with E-state index in [1.807, 2.05) is 0 Å². The van der Waals surface area contributed by atoms with Crippen molar-refractivity contribution < 1.29 is 19.1 Å². The van der Waals surface area contributed by atoms with Crippen LogP contribution in [0.25, 0.3) is 0 Å². The van der Waals surface area contributed by atoms with E-state index in [0.717, 1.165) is 12.8 Å². The van der Waals surface area contributed by atoms with Crippen LogP contribution in [-0.4, -0.2) is 53.0 Å².